The Morgan fingerprint density at radius 2 is 1.76 bits per heavy atom. The number of hydrogen-bond acceptors (Lipinski definition) is 4. The number of likely N-dealkylation sites (tertiary alicyclic amines) is 1. The number of nitrogens with zero attached hydrogens (tertiary/aromatic N) is 1. The van der Waals surface area contributed by atoms with E-state index in [0.717, 1.165) is 30.3 Å². The molecule has 0 spiro atoms. The number of carboxylic acid groups (broad SMARTS) is 1. The van der Waals surface area contributed by atoms with Crippen molar-refractivity contribution in [3.05, 3.63) is 29.8 Å². The fourth-order valence-electron chi connectivity index (χ4n) is 3.77. The minimum atomic E-state index is -1.19. The van der Waals surface area contributed by atoms with E-state index in [9.17, 15) is 14.7 Å². The summed E-state index contributed by atoms with van der Waals surface area (Å²) >= 11 is 0. The van der Waals surface area contributed by atoms with Gasteiger partial charge in [-0.05, 0) is 58.0 Å². The summed E-state index contributed by atoms with van der Waals surface area (Å²) in [6.07, 6.45) is 2.13. The van der Waals surface area contributed by atoms with Gasteiger partial charge in [0.15, 0.2) is 0 Å². The van der Waals surface area contributed by atoms with Crippen LogP contribution in [0.2, 0.25) is 0 Å². The topological polar surface area (TPSA) is 88.1 Å². The van der Waals surface area contributed by atoms with Crippen LogP contribution in [0, 0.1) is 0 Å². The molecule has 0 radical (unpaired) electrons. The number of rotatable bonds is 5. The Bertz CT molecular complexity index is 745. The standard InChI is InChI=1S/C21H31BN2O5/c1-20(2)21(3,4)29-22(28-20)16-10-8-9-15(13-16)14-17(23-19(26)27)18(25)24-11-6-5-7-12-24/h8-10,13,17,23H,5-7,11-12,14H2,1-4H3,(H,26,27)/t17-/m0/s1. The van der Waals surface area contributed by atoms with E-state index >= 15 is 0 Å². The average molecular weight is 402 g/mol. The molecule has 29 heavy (non-hydrogen) atoms. The van der Waals surface area contributed by atoms with Crippen LogP contribution in [0.15, 0.2) is 24.3 Å². The van der Waals surface area contributed by atoms with Gasteiger partial charge in [0, 0.05) is 19.5 Å². The van der Waals surface area contributed by atoms with Gasteiger partial charge < -0.3 is 24.6 Å². The van der Waals surface area contributed by atoms with E-state index in [-0.39, 0.29) is 12.3 Å². The second-order valence-corrected chi connectivity index (χ2v) is 8.93. The van der Waals surface area contributed by atoms with Crippen molar-refractivity contribution in [2.75, 3.05) is 13.1 Å². The van der Waals surface area contributed by atoms with E-state index in [1.165, 1.54) is 0 Å². The van der Waals surface area contributed by atoms with Crippen molar-refractivity contribution in [3.63, 3.8) is 0 Å². The van der Waals surface area contributed by atoms with Crippen LogP contribution in [0.5, 0.6) is 0 Å². The normalized spacial score (nSPS) is 21.7. The number of carbonyl (C=O) groups excluding carboxylic acids is 1. The maximum absolute atomic E-state index is 12.9. The average Bonchev–Trinajstić information content (AvgIpc) is 2.89. The number of hydrogen-bond donors (Lipinski definition) is 2. The molecular formula is C21H31BN2O5. The van der Waals surface area contributed by atoms with Crippen molar-refractivity contribution in [2.24, 2.45) is 0 Å². The van der Waals surface area contributed by atoms with Crippen LogP contribution in [0.3, 0.4) is 0 Å². The van der Waals surface area contributed by atoms with Crippen molar-refractivity contribution in [3.8, 4) is 0 Å². The van der Waals surface area contributed by atoms with Gasteiger partial charge in [0.05, 0.1) is 11.2 Å². The molecule has 8 heteroatoms. The number of carbonyl (C=O) groups is 2. The first kappa shape index (κ1) is 21.6. The Kier molecular flexibility index (Phi) is 6.24. The van der Waals surface area contributed by atoms with Crippen molar-refractivity contribution < 1.29 is 24.0 Å². The highest BCUT2D eigenvalue weighted by atomic mass is 16.7. The molecule has 0 bridgehead atoms. The molecule has 2 aliphatic heterocycles. The molecule has 0 aliphatic carbocycles. The Morgan fingerprint density at radius 1 is 1.14 bits per heavy atom. The third kappa shape index (κ3) is 4.93. The Hall–Kier alpha value is -2.06. The van der Waals surface area contributed by atoms with Gasteiger partial charge in [-0.25, -0.2) is 4.79 Å². The van der Waals surface area contributed by atoms with Gasteiger partial charge in [-0.1, -0.05) is 24.3 Å². The molecule has 3 rings (SSSR count). The second kappa shape index (κ2) is 8.36. The van der Waals surface area contributed by atoms with Crippen molar-refractivity contribution >= 4 is 24.6 Å². The zero-order chi connectivity index (χ0) is 21.2. The highest BCUT2D eigenvalue weighted by Crippen LogP contribution is 2.36. The molecule has 7 nitrogen and oxygen atoms in total. The fraction of sp³-hybridized carbons (Fsp3) is 0.619. The van der Waals surface area contributed by atoms with Crippen LogP contribution in [0.25, 0.3) is 0 Å². The smallest absolute Gasteiger partial charge is 0.465 e. The van der Waals surface area contributed by atoms with Gasteiger partial charge in [0.1, 0.15) is 6.04 Å². The van der Waals surface area contributed by atoms with Crippen LogP contribution >= 0.6 is 0 Å². The van der Waals surface area contributed by atoms with Gasteiger partial charge in [0.25, 0.3) is 0 Å². The summed E-state index contributed by atoms with van der Waals surface area (Å²) in [6.45, 7) is 9.37. The summed E-state index contributed by atoms with van der Waals surface area (Å²) in [7, 11) is -0.497. The molecule has 2 heterocycles. The first-order valence-corrected chi connectivity index (χ1v) is 10.3. The van der Waals surface area contributed by atoms with E-state index < -0.39 is 30.5 Å². The summed E-state index contributed by atoms with van der Waals surface area (Å²) in [4.78, 5) is 26.0. The summed E-state index contributed by atoms with van der Waals surface area (Å²) in [6, 6.07) is 6.84. The maximum atomic E-state index is 12.9. The highest BCUT2D eigenvalue weighted by molar-refractivity contribution is 6.62. The van der Waals surface area contributed by atoms with E-state index in [1.807, 2.05) is 52.0 Å². The number of nitrogens with one attached hydrogen (secondary N) is 1. The molecular weight excluding hydrogens is 371 g/mol. The maximum Gasteiger partial charge on any atom is 0.494 e. The van der Waals surface area contributed by atoms with Crippen molar-refractivity contribution in [1.29, 1.82) is 0 Å². The Balaban J connectivity index is 1.76. The van der Waals surface area contributed by atoms with E-state index in [4.69, 9.17) is 9.31 Å². The zero-order valence-electron chi connectivity index (χ0n) is 17.7. The van der Waals surface area contributed by atoms with Gasteiger partial charge >= 0.3 is 13.2 Å². The molecule has 2 saturated heterocycles. The first-order chi connectivity index (χ1) is 13.6. The lowest BCUT2D eigenvalue weighted by Crippen LogP contribution is -2.50. The number of piperidine rings is 1. The van der Waals surface area contributed by atoms with Crippen LogP contribution in [-0.2, 0) is 20.5 Å². The summed E-state index contributed by atoms with van der Waals surface area (Å²) in [5.74, 6) is -0.159. The van der Waals surface area contributed by atoms with Gasteiger partial charge in [-0.15, -0.1) is 0 Å². The van der Waals surface area contributed by atoms with Gasteiger partial charge in [0.2, 0.25) is 5.91 Å². The van der Waals surface area contributed by atoms with Gasteiger partial charge in [-0.3, -0.25) is 4.79 Å². The zero-order valence-corrected chi connectivity index (χ0v) is 17.7. The molecule has 0 aromatic heterocycles. The van der Waals surface area contributed by atoms with Crippen LogP contribution in [0.4, 0.5) is 4.79 Å². The lowest BCUT2D eigenvalue weighted by atomic mass is 9.78. The fourth-order valence-corrected chi connectivity index (χ4v) is 3.77. The third-order valence-corrected chi connectivity index (χ3v) is 6.18. The lowest BCUT2D eigenvalue weighted by Gasteiger charge is -2.32. The quantitative estimate of drug-likeness (QED) is 0.738. The van der Waals surface area contributed by atoms with Crippen LogP contribution < -0.4 is 10.8 Å². The van der Waals surface area contributed by atoms with Crippen LogP contribution in [0.1, 0.15) is 52.5 Å². The molecule has 2 aliphatic rings. The Morgan fingerprint density at radius 3 is 2.34 bits per heavy atom. The molecule has 158 valence electrons. The van der Waals surface area contributed by atoms with Gasteiger partial charge in [-0.2, -0.15) is 0 Å². The molecule has 1 atom stereocenters. The summed E-state index contributed by atoms with van der Waals surface area (Å²) in [5, 5.41) is 11.6. The van der Waals surface area contributed by atoms with Crippen molar-refractivity contribution in [1.82, 2.24) is 10.2 Å². The molecule has 2 N–H and O–H groups in total. The van der Waals surface area contributed by atoms with E-state index in [1.54, 1.807) is 4.90 Å². The number of amides is 2. The summed E-state index contributed by atoms with van der Waals surface area (Å²) < 4.78 is 12.2. The molecule has 2 fully saturated rings. The second-order valence-electron chi connectivity index (χ2n) is 8.93. The van der Waals surface area contributed by atoms with Crippen molar-refractivity contribution in [2.45, 2.75) is 70.6 Å². The monoisotopic (exact) mass is 402 g/mol. The van der Waals surface area contributed by atoms with E-state index in [2.05, 4.69) is 5.32 Å². The molecule has 1 aromatic rings. The third-order valence-electron chi connectivity index (χ3n) is 6.18. The first-order valence-electron chi connectivity index (χ1n) is 10.3. The highest BCUT2D eigenvalue weighted by Gasteiger charge is 2.51. The lowest BCUT2D eigenvalue weighted by molar-refractivity contribution is -0.134. The minimum absolute atomic E-state index is 0.159. The Labute approximate surface area is 172 Å². The predicted molar refractivity (Wildman–Crippen MR) is 111 cm³/mol. The molecule has 2 amide bonds. The molecule has 0 saturated carbocycles. The number of benzene rings is 1. The molecule has 1 aromatic carbocycles. The SMILES string of the molecule is CC1(C)OB(c2cccc(C[C@H](NC(=O)O)C(=O)N3CCCCC3)c2)OC1(C)C. The van der Waals surface area contributed by atoms with E-state index in [0.29, 0.717) is 13.1 Å². The predicted octanol–water partition coefficient (Wildman–Crippen LogP) is 2.18. The largest absolute Gasteiger partial charge is 0.494 e. The van der Waals surface area contributed by atoms with Crippen LogP contribution in [-0.4, -0.2) is 59.5 Å². The summed E-state index contributed by atoms with van der Waals surface area (Å²) in [5.41, 5.74) is 0.846. The minimum Gasteiger partial charge on any atom is -0.465 e. The molecule has 0 unspecified atom stereocenters.